The summed E-state index contributed by atoms with van der Waals surface area (Å²) in [4.78, 5) is 4.73. The zero-order valence-electron chi connectivity index (χ0n) is 40.6. The highest BCUT2D eigenvalue weighted by molar-refractivity contribution is 6.05. The van der Waals surface area contributed by atoms with Crippen LogP contribution in [0, 0.1) is 0 Å². The number of para-hydroxylation sites is 2. The maximum Gasteiger partial charge on any atom is 0.0571 e. The maximum atomic E-state index is 2.57. The zero-order valence-corrected chi connectivity index (χ0v) is 40.6. The van der Waals surface area contributed by atoms with Gasteiger partial charge >= 0.3 is 0 Å². The highest BCUT2D eigenvalue weighted by Gasteiger charge is 2.28. The summed E-state index contributed by atoms with van der Waals surface area (Å²) in [6.45, 7) is 3.05. The molecule has 13 aromatic rings. The van der Waals surface area contributed by atoms with E-state index in [1.165, 1.54) is 76.7 Å². The second-order valence-electron chi connectivity index (χ2n) is 18.8. The van der Waals surface area contributed by atoms with Crippen molar-refractivity contribution in [2.45, 2.75) is 13.5 Å². The van der Waals surface area contributed by atoms with Crippen molar-refractivity contribution in [2.75, 3.05) is 9.80 Å². The molecule has 12 aromatic carbocycles. The molecule has 0 saturated carbocycles. The van der Waals surface area contributed by atoms with E-state index in [1.54, 1.807) is 0 Å². The molecular formula is C70H51N3. The van der Waals surface area contributed by atoms with Crippen LogP contribution in [-0.2, 0) is 6.54 Å². The molecule has 0 spiro atoms. The average Bonchev–Trinajstić information content (AvgIpc) is 3.81. The third kappa shape index (κ3) is 8.08. The summed E-state index contributed by atoms with van der Waals surface area (Å²) in [7, 11) is 0. The molecule has 0 bridgehead atoms. The first kappa shape index (κ1) is 43.6. The van der Waals surface area contributed by atoms with E-state index < -0.39 is 0 Å². The Morgan fingerprint density at radius 2 is 0.521 bits per heavy atom. The van der Waals surface area contributed by atoms with Gasteiger partial charge in [-0.25, -0.2) is 0 Å². The maximum absolute atomic E-state index is 2.57. The molecule has 0 unspecified atom stereocenters. The van der Waals surface area contributed by atoms with Crippen LogP contribution >= 0.6 is 0 Å². The number of hydrogen-bond donors (Lipinski definition) is 0. The molecule has 1 aromatic heterocycles. The summed E-state index contributed by atoms with van der Waals surface area (Å²) < 4.78 is 2.57. The first-order valence-electron chi connectivity index (χ1n) is 25.3. The molecule has 0 saturated heterocycles. The Hall–Kier alpha value is -9.44. The van der Waals surface area contributed by atoms with Gasteiger partial charge in [0.15, 0.2) is 0 Å². The Morgan fingerprint density at radius 3 is 0.877 bits per heavy atom. The number of benzene rings is 12. The number of nitrogens with zero attached hydrogens (tertiary/aromatic N) is 3. The van der Waals surface area contributed by atoms with E-state index in [0.717, 1.165) is 51.8 Å². The molecule has 73 heavy (non-hydrogen) atoms. The van der Waals surface area contributed by atoms with Gasteiger partial charge in [-0.05, 0) is 157 Å². The van der Waals surface area contributed by atoms with Crippen molar-refractivity contribution in [1.29, 1.82) is 0 Å². The van der Waals surface area contributed by atoms with Gasteiger partial charge in [-0.2, -0.15) is 0 Å². The van der Waals surface area contributed by atoms with Gasteiger partial charge in [0.1, 0.15) is 0 Å². The smallest absolute Gasteiger partial charge is 0.0571 e. The number of hydrogen-bond acceptors (Lipinski definition) is 2. The van der Waals surface area contributed by atoms with Gasteiger partial charge in [-0.1, -0.05) is 194 Å². The fourth-order valence-corrected chi connectivity index (χ4v) is 11.0. The van der Waals surface area contributed by atoms with Crippen molar-refractivity contribution in [1.82, 2.24) is 4.57 Å². The van der Waals surface area contributed by atoms with E-state index >= 15 is 0 Å². The van der Waals surface area contributed by atoms with Crippen LogP contribution in [0.4, 0.5) is 34.1 Å². The van der Waals surface area contributed by atoms with Gasteiger partial charge in [0.25, 0.3) is 0 Å². The average molecular weight is 934 g/mol. The van der Waals surface area contributed by atoms with Crippen LogP contribution in [0.25, 0.3) is 87.9 Å². The van der Waals surface area contributed by atoms with E-state index in [9.17, 15) is 0 Å². The Morgan fingerprint density at radius 1 is 0.247 bits per heavy atom. The second-order valence-corrected chi connectivity index (χ2v) is 18.8. The lowest BCUT2D eigenvalue weighted by atomic mass is 9.90. The quantitative estimate of drug-likeness (QED) is 0.128. The Bertz CT molecular complexity index is 3850. The van der Waals surface area contributed by atoms with Crippen molar-refractivity contribution in [2.24, 2.45) is 0 Å². The molecule has 0 aliphatic rings. The Labute approximate surface area is 426 Å². The van der Waals surface area contributed by atoms with Crippen molar-refractivity contribution < 1.29 is 0 Å². The van der Waals surface area contributed by atoms with Crippen LogP contribution in [0.1, 0.15) is 6.92 Å². The van der Waals surface area contributed by atoms with Crippen molar-refractivity contribution >= 4 is 77.2 Å². The standard InChI is InChI=1S/C70H51N3/c1-2-71-69(59-31-29-49-17-9-13-21-55(49)45-59)67(53-35-39-63(40-36-53)72(61-25-5-3-6-26-61)65-43-33-51-19-11-15-23-57(51)47-65)68(70(71)60-32-30-50-18-10-14-22-56(50)46-60)54-37-41-64(42-38-54)73(62-27-7-4-8-28-62)66-44-34-52-20-12-16-24-58(52)48-66/h3-48H,2H2,1H3. The van der Waals surface area contributed by atoms with Crippen LogP contribution in [-0.4, -0.2) is 4.57 Å². The van der Waals surface area contributed by atoms with Gasteiger partial charge in [-0.15, -0.1) is 0 Å². The summed E-state index contributed by atoms with van der Waals surface area (Å²) in [5.74, 6) is 0. The van der Waals surface area contributed by atoms with Gasteiger partial charge < -0.3 is 14.4 Å². The van der Waals surface area contributed by atoms with Crippen LogP contribution in [0.3, 0.4) is 0 Å². The van der Waals surface area contributed by atoms with Gasteiger partial charge in [0.05, 0.1) is 11.4 Å². The lowest BCUT2D eigenvalue weighted by Gasteiger charge is -2.26. The molecule has 0 radical (unpaired) electrons. The van der Waals surface area contributed by atoms with E-state index in [1.807, 2.05) is 0 Å². The molecule has 1 heterocycles. The van der Waals surface area contributed by atoms with Crippen LogP contribution in [0.2, 0.25) is 0 Å². The molecule has 346 valence electrons. The highest BCUT2D eigenvalue weighted by atomic mass is 15.1. The van der Waals surface area contributed by atoms with Gasteiger partial charge in [0.2, 0.25) is 0 Å². The first-order chi connectivity index (χ1) is 36.1. The third-order valence-electron chi connectivity index (χ3n) is 14.5. The van der Waals surface area contributed by atoms with Gasteiger partial charge in [-0.3, -0.25) is 0 Å². The molecule has 0 amide bonds. The van der Waals surface area contributed by atoms with Gasteiger partial charge in [0, 0.05) is 51.8 Å². The minimum absolute atomic E-state index is 0.765. The normalized spacial score (nSPS) is 11.4. The molecule has 13 rings (SSSR count). The van der Waals surface area contributed by atoms with E-state index in [4.69, 9.17) is 0 Å². The molecule has 0 fully saturated rings. The monoisotopic (exact) mass is 933 g/mol. The molecular weight excluding hydrogens is 883 g/mol. The van der Waals surface area contributed by atoms with Crippen LogP contribution in [0.5, 0.6) is 0 Å². The number of rotatable bonds is 11. The fraction of sp³-hybridized carbons (Fsp3) is 0.0286. The molecule has 0 N–H and O–H groups in total. The summed E-state index contributed by atoms with van der Waals surface area (Å²) in [6.07, 6.45) is 0. The largest absolute Gasteiger partial charge is 0.340 e. The minimum atomic E-state index is 0.765. The second kappa shape index (κ2) is 18.7. The summed E-state index contributed by atoms with van der Waals surface area (Å²) >= 11 is 0. The number of anilines is 6. The summed E-state index contributed by atoms with van der Waals surface area (Å²) in [5, 5.41) is 9.74. The number of fused-ring (bicyclic) bond motifs is 4. The van der Waals surface area contributed by atoms with Crippen molar-refractivity contribution in [3.63, 3.8) is 0 Å². The lowest BCUT2D eigenvalue weighted by Crippen LogP contribution is -2.09. The van der Waals surface area contributed by atoms with E-state index in [2.05, 4.69) is 300 Å². The fourth-order valence-electron chi connectivity index (χ4n) is 11.0. The predicted octanol–water partition coefficient (Wildman–Crippen LogP) is 19.7. The predicted molar refractivity (Wildman–Crippen MR) is 311 cm³/mol. The topological polar surface area (TPSA) is 11.4 Å². The number of aromatic nitrogens is 1. The molecule has 0 atom stereocenters. The Balaban J connectivity index is 1.04. The molecule has 0 aliphatic heterocycles. The summed E-state index contributed by atoms with van der Waals surface area (Å²) in [6, 6.07) is 102. The SMILES string of the molecule is CCn1c(-c2ccc3ccccc3c2)c(-c2ccc(N(c3ccccc3)c3ccc4ccccc4c3)cc2)c(-c2ccc(N(c3ccccc3)c3ccc4ccccc4c3)cc2)c1-c1ccc2ccccc2c1. The lowest BCUT2D eigenvalue weighted by molar-refractivity contribution is 0.786. The van der Waals surface area contributed by atoms with Crippen LogP contribution < -0.4 is 9.80 Å². The first-order valence-corrected chi connectivity index (χ1v) is 25.3. The third-order valence-corrected chi connectivity index (χ3v) is 14.5. The van der Waals surface area contributed by atoms with E-state index in [0.29, 0.717) is 0 Å². The molecule has 3 heteroatoms. The zero-order chi connectivity index (χ0) is 48.7. The minimum Gasteiger partial charge on any atom is -0.340 e. The Kier molecular flexibility index (Phi) is 11.2. The van der Waals surface area contributed by atoms with E-state index in [-0.39, 0.29) is 0 Å². The highest BCUT2D eigenvalue weighted by Crippen LogP contribution is 2.51. The molecule has 3 nitrogen and oxygen atoms in total. The summed E-state index contributed by atoms with van der Waals surface area (Å²) in [5.41, 5.74) is 16.0. The molecule has 0 aliphatic carbocycles. The van der Waals surface area contributed by atoms with Crippen molar-refractivity contribution in [3.8, 4) is 44.8 Å². The van der Waals surface area contributed by atoms with Crippen molar-refractivity contribution in [3.05, 3.63) is 279 Å². The van der Waals surface area contributed by atoms with Crippen LogP contribution in [0.15, 0.2) is 279 Å².